The molecule has 0 bridgehead atoms. The lowest BCUT2D eigenvalue weighted by molar-refractivity contribution is 0.0421. The maximum absolute atomic E-state index is 6.94. The molecule has 4 rings (SSSR count). The van der Waals surface area contributed by atoms with E-state index in [1.54, 1.807) is 56.9 Å². The first-order valence-electron chi connectivity index (χ1n) is 18.1. The van der Waals surface area contributed by atoms with E-state index in [4.69, 9.17) is 48.7 Å². The first-order chi connectivity index (χ1) is 23.7. The van der Waals surface area contributed by atoms with Crippen molar-refractivity contribution in [2.75, 3.05) is 129 Å². The summed E-state index contributed by atoms with van der Waals surface area (Å²) >= 11 is 0. The summed E-state index contributed by atoms with van der Waals surface area (Å²) in [4.78, 5) is 0. The fraction of sp³-hybridized carbons (Fsp3) is 1.00. The van der Waals surface area contributed by atoms with Gasteiger partial charge in [-0.3, -0.25) is 18.3 Å². The van der Waals surface area contributed by atoms with Gasteiger partial charge in [0.05, 0.1) is 19.8 Å². The Morgan fingerprint density at radius 3 is 0.939 bits per heavy atom. The summed E-state index contributed by atoms with van der Waals surface area (Å²) in [6.07, 6.45) is 5.12. The summed E-state index contributed by atoms with van der Waals surface area (Å²) in [6, 6.07) is 4.53. The Morgan fingerprint density at radius 1 is 0.408 bits per heavy atom. The predicted molar refractivity (Wildman–Crippen MR) is 196 cm³/mol. The summed E-state index contributed by atoms with van der Waals surface area (Å²) in [5.41, 5.74) is 0. The Morgan fingerprint density at radius 2 is 0.673 bits per heavy atom. The highest BCUT2D eigenvalue weighted by Gasteiger charge is 2.52. The van der Waals surface area contributed by atoms with Gasteiger partial charge < -0.3 is 48.7 Å². The van der Waals surface area contributed by atoms with Crippen LogP contribution in [0.5, 0.6) is 0 Å². The van der Waals surface area contributed by atoms with Gasteiger partial charge in [0.25, 0.3) is 0 Å². The molecule has 0 radical (unpaired) electrons. The van der Waals surface area contributed by atoms with Crippen molar-refractivity contribution >= 4 is 43.7 Å². The van der Waals surface area contributed by atoms with E-state index in [0.29, 0.717) is 45.5 Å². The normalized spacial score (nSPS) is 24.5. The van der Waals surface area contributed by atoms with Crippen molar-refractivity contribution < 1.29 is 48.7 Å². The molecule has 0 amide bonds. The monoisotopic (exact) mass is 786 g/mol. The molecule has 0 aromatic carbocycles. The first kappa shape index (κ1) is 42.2. The standard InChI is InChI=1S/C29H66N4O11Si5/c1-34-45(35-2)25-9-14-30(45)18-13-29-49(42-22-19-31-15-10-26-46(31,36-3)37-4,43-23-20-32-16-11-27-47(32,38-5)39-6)44-24-21-33-17-12-28-48(33,40-7)41-8/h9-29H2,1-8H3. The maximum atomic E-state index is 6.94. The lowest BCUT2D eigenvalue weighted by Gasteiger charge is -2.37. The fourth-order valence-corrected chi connectivity index (χ4v) is 22.7. The van der Waals surface area contributed by atoms with Crippen molar-refractivity contribution in [2.24, 2.45) is 0 Å². The van der Waals surface area contributed by atoms with Crippen LogP contribution in [0.2, 0.25) is 30.2 Å². The van der Waals surface area contributed by atoms with Gasteiger partial charge in [-0.15, -0.1) is 0 Å². The third-order valence-corrected chi connectivity index (χ3v) is 28.7. The third kappa shape index (κ3) is 9.60. The Labute approximate surface area is 301 Å². The minimum Gasteiger partial charge on any atom is -0.386 e. The molecule has 0 spiro atoms. The van der Waals surface area contributed by atoms with Gasteiger partial charge in [-0.2, -0.15) is 0 Å². The van der Waals surface area contributed by atoms with Crippen LogP contribution in [0.1, 0.15) is 32.1 Å². The molecule has 15 nitrogen and oxygen atoms in total. The second-order valence-electron chi connectivity index (χ2n) is 13.2. The molecule has 288 valence electrons. The molecule has 20 heteroatoms. The van der Waals surface area contributed by atoms with E-state index in [2.05, 4.69) is 18.3 Å². The summed E-state index contributed by atoms with van der Waals surface area (Å²) in [6.45, 7) is 8.18. The second-order valence-corrected chi connectivity index (χ2v) is 29.4. The minimum absolute atomic E-state index is 0.476. The van der Waals surface area contributed by atoms with Gasteiger partial charge in [0.1, 0.15) is 0 Å². The summed E-state index contributed by atoms with van der Waals surface area (Å²) in [5.74, 6) is 0. The molecule has 0 saturated carbocycles. The number of nitrogens with zero attached hydrogens (tertiary/aromatic N) is 4. The van der Waals surface area contributed by atoms with Gasteiger partial charge in [0, 0.05) is 107 Å². The van der Waals surface area contributed by atoms with E-state index >= 15 is 0 Å². The quantitative estimate of drug-likeness (QED) is 0.133. The van der Waals surface area contributed by atoms with Gasteiger partial charge in [-0.05, 0) is 64.8 Å². The molecule has 4 fully saturated rings. The molecular weight excluding hydrogens is 721 g/mol. The number of hydrogen-bond acceptors (Lipinski definition) is 15. The lowest BCUT2D eigenvalue weighted by Crippen LogP contribution is -2.57. The van der Waals surface area contributed by atoms with E-state index in [9.17, 15) is 0 Å². The summed E-state index contributed by atoms with van der Waals surface area (Å²) < 4.78 is 78.3. The molecule has 0 unspecified atom stereocenters. The highest BCUT2D eigenvalue weighted by atomic mass is 28.4. The fourth-order valence-electron chi connectivity index (χ4n) is 8.36. The van der Waals surface area contributed by atoms with E-state index in [1.807, 2.05) is 0 Å². The van der Waals surface area contributed by atoms with Crippen LogP contribution in [0.25, 0.3) is 0 Å². The van der Waals surface area contributed by atoms with Crippen molar-refractivity contribution in [1.29, 1.82) is 0 Å². The minimum atomic E-state index is -3.22. The van der Waals surface area contributed by atoms with Gasteiger partial charge in [0.15, 0.2) is 0 Å². The topological polar surface area (TPSA) is 114 Å². The molecule has 0 aliphatic carbocycles. The van der Waals surface area contributed by atoms with Crippen molar-refractivity contribution in [3.63, 3.8) is 0 Å². The largest absolute Gasteiger partial charge is 0.501 e. The number of hydrogen-bond donors (Lipinski definition) is 0. The molecule has 0 N–H and O–H groups in total. The Hall–Kier alpha value is 0.484. The van der Waals surface area contributed by atoms with E-state index < -0.39 is 43.7 Å². The average molecular weight is 787 g/mol. The smallest absolute Gasteiger partial charge is 0.386 e. The van der Waals surface area contributed by atoms with Gasteiger partial charge >= 0.3 is 43.7 Å². The van der Waals surface area contributed by atoms with Crippen molar-refractivity contribution in [1.82, 2.24) is 18.3 Å². The predicted octanol–water partition coefficient (Wildman–Crippen LogP) is 2.11. The van der Waals surface area contributed by atoms with Crippen molar-refractivity contribution in [2.45, 2.75) is 62.3 Å². The zero-order valence-corrected chi connectivity index (χ0v) is 36.6. The van der Waals surface area contributed by atoms with E-state index in [0.717, 1.165) is 89.0 Å². The van der Waals surface area contributed by atoms with Gasteiger partial charge in [0.2, 0.25) is 0 Å². The average Bonchev–Trinajstić information content (AvgIpc) is 3.94. The molecule has 4 aliphatic heterocycles. The summed E-state index contributed by atoms with van der Waals surface area (Å²) in [7, 11) is 1.36. The van der Waals surface area contributed by atoms with Crippen LogP contribution in [0.15, 0.2) is 0 Å². The molecule has 4 aliphatic rings. The lowest BCUT2D eigenvalue weighted by atomic mass is 10.4. The van der Waals surface area contributed by atoms with Crippen LogP contribution in [0.4, 0.5) is 0 Å². The molecular formula is C29H66N4O11Si5. The van der Waals surface area contributed by atoms with Crippen LogP contribution in [-0.2, 0) is 48.7 Å². The Balaban J connectivity index is 1.52. The van der Waals surface area contributed by atoms with Crippen molar-refractivity contribution in [3.8, 4) is 0 Å². The Kier molecular flexibility index (Phi) is 17.0. The summed E-state index contributed by atoms with van der Waals surface area (Å²) in [5, 5.41) is 0. The van der Waals surface area contributed by atoms with Crippen LogP contribution < -0.4 is 0 Å². The van der Waals surface area contributed by atoms with Crippen molar-refractivity contribution in [3.05, 3.63) is 0 Å². The van der Waals surface area contributed by atoms with Gasteiger partial charge in [-0.25, -0.2) is 0 Å². The maximum Gasteiger partial charge on any atom is 0.501 e. The molecule has 4 saturated heterocycles. The van der Waals surface area contributed by atoms with E-state index in [1.165, 1.54) is 0 Å². The second kappa shape index (κ2) is 19.7. The zero-order chi connectivity index (χ0) is 35.4. The van der Waals surface area contributed by atoms with Crippen LogP contribution >= 0.6 is 0 Å². The third-order valence-electron chi connectivity index (χ3n) is 11.1. The molecule has 49 heavy (non-hydrogen) atoms. The van der Waals surface area contributed by atoms with Gasteiger partial charge in [-0.1, -0.05) is 0 Å². The first-order valence-corrected chi connectivity index (χ1v) is 27.9. The zero-order valence-electron chi connectivity index (χ0n) is 31.6. The number of rotatable bonds is 24. The highest BCUT2D eigenvalue weighted by Crippen LogP contribution is 2.32. The van der Waals surface area contributed by atoms with Crippen LogP contribution in [0, 0.1) is 0 Å². The van der Waals surface area contributed by atoms with Crippen LogP contribution in [-0.4, -0.2) is 191 Å². The molecule has 0 atom stereocenters. The molecule has 0 aromatic rings. The Bertz CT molecular complexity index is 820. The highest BCUT2D eigenvalue weighted by molar-refractivity contribution is 6.66. The van der Waals surface area contributed by atoms with E-state index in [-0.39, 0.29) is 0 Å². The van der Waals surface area contributed by atoms with Crippen LogP contribution in [0.3, 0.4) is 0 Å². The molecule has 4 heterocycles. The molecule has 0 aromatic heterocycles. The SMILES string of the molecule is CO[Si]1(OC)CCCN1CCC[Si](OCCN1CCC[Si]1(OC)OC)(OCCN1CCC[Si]1(OC)OC)OCCN1CCC[Si]1(OC)OC.